The number of nitrogens with zero attached hydrogens (tertiary/aromatic N) is 2. The van der Waals surface area contributed by atoms with Gasteiger partial charge in [0.2, 0.25) is 5.91 Å². The first-order valence-electron chi connectivity index (χ1n) is 7.02. The van der Waals surface area contributed by atoms with Gasteiger partial charge in [-0.1, -0.05) is 18.2 Å². The van der Waals surface area contributed by atoms with Crippen molar-refractivity contribution in [1.29, 1.82) is 0 Å². The zero-order valence-corrected chi connectivity index (χ0v) is 12.7. The second-order valence-electron chi connectivity index (χ2n) is 4.97. The quantitative estimate of drug-likeness (QED) is 0.882. The Bertz CT molecular complexity index is 626. The van der Waals surface area contributed by atoms with Crippen LogP contribution >= 0.6 is 0 Å². The van der Waals surface area contributed by atoms with Crippen molar-refractivity contribution in [3.63, 3.8) is 0 Å². The minimum Gasteiger partial charge on any atom is -0.372 e. The molecule has 0 bridgehead atoms. The lowest BCUT2D eigenvalue weighted by Gasteiger charge is -2.15. The third-order valence-corrected chi connectivity index (χ3v) is 3.16. The number of aromatic nitrogens is 1. The zero-order chi connectivity index (χ0) is 15.2. The average Bonchev–Trinajstić information content (AvgIpc) is 2.50. The van der Waals surface area contributed by atoms with Crippen LogP contribution in [0.5, 0.6) is 0 Å². The minimum absolute atomic E-state index is 0.0973. The fourth-order valence-electron chi connectivity index (χ4n) is 2.05. The molecule has 0 radical (unpaired) electrons. The van der Waals surface area contributed by atoms with Crippen molar-refractivity contribution < 1.29 is 9.53 Å². The van der Waals surface area contributed by atoms with Crippen molar-refractivity contribution in [2.24, 2.45) is 0 Å². The molecule has 0 spiro atoms. The number of pyridine rings is 1. The van der Waals surface area contributed by atoms with Gasteiger partial charge in [0, 0.05) is 32.6 Å². The van der Waals surface area contributed by atoms with Crippen LogP contribution in [0.4, 0.5) is 5.82 Å². The van der Waals surface area contributed by atoms with Crippen molar-refractivity contribution in [3.05, 3.63) is 35.9 Å². The predicted molar refractivity (Wildman–Crippen MR) is 84.4 cm³/mol. The third-order valence-electron chi connectivity index (χ3n) is 3.16. The van der Waals surface area contributed by atoms with E-state index in [1.54, 1.807) is 0 Å². The number of hydrogen-bond donors (Lipinski definition) is 1. The molecule has 2 rings (SSSR count). The summed E-state index contributed by atoms with van der Waals surface area (Å²) in [6, 6.07) is 9.94. The normalized spacial score (nSPS) is 10.6. The molecule has 5 heteroatoms. The molecule has 0 aliphatic heterocycles. The van der Waals surface area contributed by atoms with E-state index in [1.165, 1.54) is 0 Å². The van der Waals surface area contributed by atoms with E-state index in [0.29, 0.717) is 13.2 Å². The van der Waals surface area contributed by atoms with Gasteiger partial charge in [0.1, 0.15) is 12.4 Å². The van der Waals surface area contributed by atoms with Crippen LogP contribution in [0, 0.1) is 0 Å². The van der Waals surface area contributed by atoms with Gasteiger partial charge in [0.25, 0.3) is 0 Å². The van der Waals surface area contributed by atoms with E-state index in [0.717, 1.165) is 22.3 Å². The summed E-state index contributed by atoms with van der Waals surface area (Å²) in [5.41, 5.74) is 1.98. The Morgan fingerprint density at radius 1 is 1.33 bits per heavy atom. The number of benzene rings is 1. The monoisotopic (exact) mass is 287 g/mol. The van der Waals surface area contributed by atoms with Gasteiger partial charge >= 0.3 is 0 Å². The van der Waals surface area contributed by atoms with Gasteiger partial charge in [-0.3, -0.25) is 4.79 Å². The van der Waals surface area contributed by atoms with E-state index in [-0.39, 0.29) is 12.5 Å². The second-order valence-corrected chi connectivity index (χ2v) is 4.97. The van der Waals surface area contributed by atoms with Crippen molar-refractivity contribution in [2.45, 2.75) is 13.5 Å². The molecule has 1 heterocycles. The molecular weight excluding hydrogens is 266 g/mol. The number of carbonyl (C=O) groups is 1. The van der Waals surface area contributed by atoms with Crippen LogP contribution in [-0.2, 0) is 16.1 Å². The van der Waals surface area contributed by atoms with Gasteiger partial charge < -0.3 is 15.0 Å². The van der Waals surface area contributed by atoms with E-state index in [9.17, 15) is 4.79 Å². The zero-order valence-electron chi connectivity index (χ0n) is 12.7. The number of fused-ring (bicyclic) bond motifs is 1. The van der Waals surface area contributed by atoms with Crippen LogP contribution in [0.1, 0.15) is 12.5 Å². The van der Waals surface area contributed by atoms with Gasteiger partial charge in [0.05, 0.1) is 5.52 Å². The lowest BCUT2D eigenvalue weighted by atomic mass is 10.1. The van der Waals surface area contributed by atoms with E-state index in [1.807, 2.05) is 56.3 Å². The van der Waals surface area contributed by atoms with Crippen LogP contribution in [0.2, 0.25) is 0 Å². The molecular formula is C16H21N3O2. The number of anilines is 1. The first kappa shape index (κ1) is 15.3. The number of hydrogen-bond acceptors (Lipinski definition) is 4. The summed E-state index contributed by atoms with van der Waals surface area (Å²) in [7, 11) is 3.91. The first-order chi connectivity index (χ1) is 10.1. The number of ether oxygens (including phenoxy) is 1. The molecule has 0 saturated heterocycles. The van der Waals surface area contributed by atoms with Gasteiger partial charge in [-0.15, -0.1) is 0 Å². The lowest BCUT2D eigenvalue weighted by Crippen LogP contribution is -2.27. The Kier molecular flexibility index (Phi) is 5.11. The molecule has 2 aromatic rings. The highest BCUT2D eigenvalue weighted by atomic mass is 16.5. The average molecular weight is 287 g/mol. The van der Waals surface area contributed by atoms with Gasteiger partial charge in [-0.25, -0.2) is 4.98 Å². The highest BCUT2D eigenvalue weighted by Gasteiger charge is 2.08. The molecule has 5 nitrogen and oxygen atoms in total. The van der Waals surface area contributed by atoms with Gasteiger partial charge in [0.15, 0.2) is 0 Å². The Balaban J connectivity index is 2.23. The first-order valence-corrected chi connectivity index (χ1v) is 7.02. The molecule has 0 atom stereocenters. The smallest absolute Gasteiger partial charge is 0.246 e. The molecule has 1 aromatic carbocycles. The summed E-state index contributed by atoms with van der Waals surface area (Å²) < 4.78 is 5.10. The molecule has 1 amide bonds. The Labute approximate surface area is 124 Å². The number of amides is 1. The van der Waals surface area contributed by atoms with E-state index >= 15 is 0 Å². The van der Waals surface area contributed by atoms with E-state index in [4.69, 9.17) is 4.74 Å². The minimum atomic E-state index is -0.107. The standard InChI is InChI=1S/C16H21N3O2/c1-4-21-11-16(20)17-10-12-9-15(19(2)3)18-14-8-6-5-7-13(12)14/h5-9H,4,10-11H2,1-3H3,(H,17,20). The Hall–Kier alpha value is -2.14. The summed E-state index contributed by atoms with van der Waals surface area (Å²) in [6.45, 7) is 2.97. The summed E-state index contributed by atoms with van der Waals surface area (Å²) >= 11 is 0. The fourth-order valence-corrected chi connectivity index (χ4v) is 2.05. The largest absolute Gasteiger partial charge is 0.372 e. The van der Waals surface area contributed by atoms with Crippen molar-refractivity contribution in [3.8, 4) is 0 Å². The molecule has 0 fully saturated rings. The maximum Gasteiger partial charge on any atom is 0.246 e. The highest BCUT2D eigenvalue weighted by molar-refractivity contribution is 5.85. The maximum absolute atomic E-state index is 11.7. The molecule has 0 aliphatic carbocycles. The topological polar surface area (TPSA) is 54.5 Å². The lowest BCUT2D eigenvalue weighted by molar-refractivity contribution is -0.125. The van der Waals surface area contributed by atoms with E-state index in [2.05, 4.69) is 10.3 Å². The predicted octanol–water partition coefficient (Wildman–Crippen LogP) is 1.95. The van der Waals surface area contributed by atoms with Crippen LogP contribution in [0.15, 0.2) is 30.3 Å². The van der Waals surface area contributed by atoms with E-state index < -0.39 is 0 Å². The highest BCUT2D eigenvalue weighted by Crippen LogP contribution is 2.21. The van der Waals surface area contributed by atoms with Gasteiger partial charge in [-0.2, -0.15) is 0 Å². The molecule has 21 heavy (non-hydrogen) atoms. The Morgan fingerprint density at radius 2 is 2.10 bits per heavy atom. The van der Waals surface area contributed by atoms with Gasteiger partial charge in [-0.05, 0) is 24.6 Å². The molecule has 1 aromatic heterocycles. The molecule has 112 valence electrons. The van der Waals surface area contributed by atoms with Crippen LogP contribution in [0.3, 0.4) is 0 Å². The summed E-state index contributed by atoms with van der Waals surface area (Å²) in [5, 5.41) is 3.94. The van der Waals surface area contributed by atoms with Crippen LogP contribution in [-0.4, -0.2) is 38.2 Å². The molecule has 1 N–H and O–H groups in total. The van der Waals surface area contributed by atoms with Crippen molar-refractivity contribution in [2.75, 3.05) is 32.2 Å². The van der Waals surface area contributed by atoms with Crippen molar-refractivity contribution >= 4 is 22.6 Å². The molecule has 0 saturated carbocycles. The fraction of sp³-hybridized carbons (Fsp3) is 0.375. The van der Waals surface area contributed by atoms with Crippen molar-refractivity contribution in [1.82, 2.24) is 10.3 Å². The SMILES string of the molecule is CCOCC(=O)NCc1cc(N(C)C)nc2ccccc12. The summed E-state index contributed by atoms with van der Waals surface area (Å²) in [5.74, 6) is 0.770. The second kappa shape index (κ2) is 7.04. The maximum atomic E-state index is 11.7. The summed E-state index contributed by atoms with van der Waals surface area (Å²) in [6.07, 6.45) is 0. The Morgan fingerprint density at radius 3 is 2.81 bits per heavy atom. The number of carbonyl (C=O) groups excluding carboxylic acids is 1. The number of para-hydroxylation sites is 1. The molecule has 0 aliphatic rings. The summed E-state index contributed by atoms with van der Waals surface area (Å²) in [4.78, 5) is 18.2. The molecule has 0 unspecified atom stereocenters. The number of nitrogens with one attached hydrogen (secondary N) is 1. The third kappa shape index (κ3) is 3.92. The van der Waals surface area contributed by atoms with Crippen LogP contribution < -0.4 is 10.2 Å². The number of rotatable bonds is 6. The van der Waals surface area contributed by atoms with Crippen LogP contribution in [0.25, 0.3) is 10.9 Å².